The molecule has 0 aliphatic heterocycles. The van der Waals surface area contributed by atoms with Gasteiger partial charge >= 0.3 is 0 Å². The normalized spacial score (nSPS) is 12.7. The second kappa shape index (κ2) is 12.3. The van der Waals surface area contributed by atoms with Crippen LogP contribution in [0.3, 0.4) is 0 Å². The highest BCUT2D eigenvalue weighted by atomic mass is 35.5. The van der Waals surface area contributed by atoms with Crippen molar-refractivity contribution in [2.45, 2.75) is 58.7 Å². The number of benzene rings is 2. The van der Waals surface area contributed by atoms with Crippen molar-refractivity contribution in [1.29, 1.82) is 0 Å². The maximum absolute atomic E-state index is 14.4. The summed E-state index contributed by atoms with van der Waals surface area (Å²) in [4.78, 5) is 27.4. The van der Waals surface area contributed by atoms with Crippen molar-refractivity contribution in [1.82, 2.24) is 10.2 Å². The highest BCUT2D eigenvalue weighted by Gasteiger charge is 2.29. The molecule has 198 valence electrons. The summed E-state index contributed by atoms with van der Waals surface area (Å²) in [5.41, 5.74) is -0.0467. The van der Waals surface area contributed by atoms with Crippen LogP contribution in [0.4, 0.5) is 10.1 Å². The molecule has 0 aliphatic rings. The van der Waals surface area contributed by atoms with Gasteiger partial charge in [-0.3, -0.25) is 13.9 Å². The van der Waals surface area contributed by atoms with E-state index in [2.05, 4.69) is 5.32 Å². The second-order valence-corrected chi connectivity index (χ2v) is 12.3. The number of rotatable bonds is 10. The first-order valence-electron chi connectivity index (χ1n) is 11.4. The number of nitrogens with one attached hydrogen (secondary N) is 1. The number of halogens is 3. The molecule has 1 atom stereocenters. The average Bonchev–Trinajstić information content (AvgIpc) is 2.75. The van der Waals surface area contributed by atoms with E-state index < -0.39 is 33.3 Å². The number of hydrogen-bond acceptors (Lipinski definition) is 4. The third-order valence-electron chi connectivity index (χ3n) is 5.29. The number of nitrogens with zero attached hydrogens (tertiary/aromatic N) is 2. The largest absolute Gasteiger partial charge is 0.350 e. The van der Waals surface area contributed by atoms with Crippen molar-refractivity contribution >= 4 is 50.7 Å². The summed E-state index contributed by atoms with van der Waals surface area (Å²) >= 11 is 12.2. The van der Waals surface area contributed by atoms with Crippen LogP contribution in [0.15, 0.2) is 42.5 Å². The first-order valence-corrected chi connectivity index (χ1v) is 14.0. The van der Waals surface area contributed by atoms with Crippen molar-refractivity contribution in [3.8, 4) is 0 Å². The molecule has 2 amide bonds. The molecule has 0 fully saturated rings. The summed E-state index contributed by atoms with van der Waals surface area (Å²) in [6.45, 7) is 6.89. The predicted molar refractivity (Wildman–Crippen MR) is 142 cm³/mol. The zero-order valence-electron chi connectivity index (χ0n) is 21.0. The first kappa shape index (κ1) is 29.9. The van der Waals surface area contributed by atoms with Gasteiger partial charge in [-0.15, -0.1) is 0 Å². The lowest BCUT2D eigenvalue weighted by Gasteiger charge is -2.32. The molecule has 0 bridgehead atoms. The smallest absolute Gasteiger partial charge is 0.242 e. The Morgan fingerprint density at radius 2 is 1.75 bits per heavy atom. The molecule has 0 saturated carbocycles. The topological polar surface area (TPSA) is 86.8 Å². The van der Waals surface area contributed by atoms with Gasteiger partial charge in [-0.2, -0.15) is 0 Å². The Balaban J connectivity index is 2.24. The van der Waals surface area contributed by atoms with E-state index in [1.165, 1.54) is 23.1 Å². The zero-order chi connectivity index (χ0) is 27.3. The Bertz CT molecular complexity index is 1200. The summed E-state index contributed by atoms with van der Waals surface area (Å²) in [5, 5.41) is 3.35. The van der Waals surface area contributed by atoms with E-state index in [0.717, 1.165) is 10.6 Å². The molecule has 0 aliphatic carbocycles. The Hall–Kier alpha value is -2.36. The number of hydrogen-bond donors (Lipinski definition) is 1. The summed E-state index contributed by atoms with van der Waals surface area (Å²) < 4.78 is 40.3. The minimum absolute atomic E-state index is 0.0409. The summed E-state index contributed by atoms with van der Waals surface area (Å²) in [5.74, 6) is -1.28. The minimum Gasteiger partial charge on any atom is -0.350 e. The molecule has 7 nitrogen and oxygen atoms in total. The van der Waals surface area contributed by atoms with E-state index in [9.17, 15) is 22.4 Å². The highest BCUT2D eigenvalue weighted by Crippen LogP contribution is 2.31. The molecule has 0 aromatic heterocycles. The van der Waals surface area contributed by atoms with Gasteiger partial charge in [0.1, 0.15) is 11.9 Å². The van der Waals surface area contributed by atoms with Gasteiger partial charge in [-0.25, -0.2) is 12.8 Å². The van der Waals surface area contributed by atoms with Crippen molar-refractivity contribution < 1.29 is 22.4 Å². The molecular weight excluding hydrogens is 528 g/mol. The Labute approximate surface area is 222 Å². The standard InChI is InChI=1S/C25H32Cl2FN3O4S/c1-17(24(33)29-25(2,3)4)30(16-18-9-6-7-10-21(18)28)23(32)11-8-14-31(36(5,34)35)22-15-19(26)12-13-20(22)27/h6-7,9-10,12-13,15,17H,8,11,14,16H2,1-5H3,(H,29,33). The van der Waals surface area contributed by atoms with Crippen LogP contribution in [-0.4, -0.2) is 49.5 Å². The third-order valence-corrected chi connectivity index (χ3v) is 7.03. The maximum atomic E-state index is 14.4. The van der Waals surface area contributed by atoms with Crippen LogP contribution in [0.2, 0.25) is 10.0 Å². The highest BCUT2D eigenvalue weighted by molar-refractivity contribution is 7.92. The van der Waals surface area contributed by atoms with Crippen LogP contribution < -0.4 is 9.62 Å². The number of carbonyl (C=O) groups is 2. The SMILES string of the molecule is CC(C(=O)NC(C)(C)C)N(Cc1ccccc1F)C(=O)CCCN(c1cc(Cl)ccc1Cl)S(C)(=O)=O. The lowest BCUT2D eigenvalue weighted by molar-refractivity contribution is -0.141. The van der Waals surface area contributed by atoms with Gasteiger partial charge in [0.15, 0.2) is 0 Å². The maximum Gasteiger partial charge on any atom is 0.242 e. The van der Waals surface area contributed by atoms with E-state index in [-0.39, 0.29) is 48.1 Å². The lowest BCUT2D eigenvalue weighted by atomic mass is 10.1. The van der Waals surface area contributed by atoms with E-state index >= 15 is 0 Å². The summed E-state index contributed by atoms with van der Waals surface area (Å²) in [6, 6.07) is 9.63. The van der Waals surface area contributed by atoms with Crippen molar-refractivity contribution in [2.24, 2.45) is 0 Å². The van der Waals surface area contributed by atoms with Crippen molar-refractivity contribution in [2.75, 3.05) is 17.1 Å². The quantitative estimate of drug-likeness (QED) is 0.443. The van der Waals surface area contributed by atoms with Crippen molar-refractivity contribution in [3.63, 3.8) is 0 Å². The Kier molecular flexibility index (Phi) is 10.2. The Morgan fingerprint density at radius 3 is 2.33 bits per heavy atom. The van der Waals surface area contributed by atoms with Gasteiger partial charge in [0, 0.05) is 35.6 Å². The van der Waals surface area contributed by atoms with Crippen LogP contribution in [0, 0.1) is 5.82 Å². The molecule has 0 spiro atoms. The van der Waals surface area contributed by atoms with E-state index in [4.69, 9.17) is 23.2 Å². The van der Waals surface area contributed by atoms with Gasteiger partial charge in [-0.1, -0.05) is 41.4 Å². The zero-order valence-corrected chi connectivity index (χ0v) is 23.3. The first-order chi connectivity index (χ1) is 16.6. The molecule has 0 saturated heterocycles. The van der Waals surface area contributed by atoms with Crippen LogP contribution in [0.25, 0.3) is 0 Å². The van der Waals surface area contributed by atoms with Crippen molar-refractivity contribution in [3.05, 3.63) is 63.9 Å². The monoisotopic (exact) mass is 559 g/mol. The fourth-order valence-electron chi connectivity index (χ4n) is 3.53. The molecule has 0 heterocycles. The Morgan fingerprint density at radius 1 is 1.11 bits per heavy atom. The molecule has 2 rings (SSSR count). The molecule has 36 heavy (non-hydrogen) atoms. The fourth-order valence-corrected chi connectivity index (χ4v) is 4.93. The predicted octanol–water partition coefficient (Wildman–Crippen LogP) is 5.01. The lowest BCUT2D eigenvalue weighted by Crippen LogP contribution is -2.52. The van der Waals surface area contributed by atoms with Gasteiger partial charge in [-0.05, 0) is 58.4 Å². The van der Waals surface area contributed by atoms with E-state index in [1.807, 2.05) is 20.8 Å². The van der Waals surface area contributed by atoms with Crippen LogP contribution in [0.1, 0.15) is 46.1 Å². The van der Waals surface area contributed by atoms with E-state index in [1.54, 1.807) is 31.2 Å². The van der Waals surface area contributed by atoms with Crippen LogP contribution in [0.5, 0.6) is 0 Å². The molecule has 1 N–H and O–H groups in total. The average molecular weight is 561 g/mol. The molecular formula is C25H32Cl2FN3O4S. The number of sulfonamides is 1. The molecule has 1 unspecified atom stereocenters. The fraction of sp³-hybridized carbons (Fsp3) is 0.440. The number of anilines is 1. The molecule has 2 aromatic rings. The van der Waals surface area contributed by atoms with Gasteiger partial charge < -0.3 is 10.2 Å². The van der Waals surface area contributed by atoms with Gasteiger partial charge in [0.2, 0.25) is 21.8 Å². The van der Waals surface area contributed by atoms with E-state index in [0.29, 0.717) is 5.02 Å². The van der Waals surface area contributed by atoms with Crippen LogP contribution >= 0.6 is 23.2 Å². The summed E-state index contributed by atoms with van der Waals surface area (Å²) in [7, 11) is -3.73. The number of carbonyl (C=O) groups excluding carboxylic acids is 2. The third kappa shape index (κ3) is 8.64. The van der Waals surface area contributed by atoms with Gasteiger partial charge in [0.25, 0.3) is 0 Å². The number of amides is 2. The van der Waals surface area contributed by atoms with Gasteiger partial charge in [0.05, 0.1) is 17.0 Å². The summed E-state index contributed by atoms with van der Waals surface area (Å²) in [6.07, 6.45) is 1.09. The molecule has 2 aromatic carbocycles. The van der Waals surface area contributed by atoms with Crippen LogP contribution in [-0.2, 0) is 26.2 Å². The second-order valence-electron chi connectivity index (χ2n) is 9.56. The minimum atomic E-state index is -3.73. The molecule has 0 radical (unpaired) electrons. The molecule has 11 heteroatoms.